The normalized spacial score (nSPS) is 15.9. The monoisotopic (exact) mass is 366 g/mol. The molecule has 1 unspecified atom stereocenters. The molecule has 1 aliphatic rings. The van der Waals surface area contributed by atoms with Gasteiger partial charge in [0.1, 0.15) is 11.9 Å². The molecule has 0 spiro atoms. The summed E-state index contributed by atoms with van der Waals surface area (Å²) in [4.78, 5) is 22.9. The molecule has 1 aromatic carbocycles. The van der Waals surface area contributed by atoms with Gasteiger partial charge in [-0.25, -0.2) is 9.97 Å². The average molecular weight is 366 g/mol. The standard InChI is InChI=1S/C20H22N4OS/c1-13(20(25)22-14-7-2-3-8-14)21-18-15-9-4-5-10-16(15)23-19(24-18)17-11-6-12-26-17/h4-6,9-14H,2-3,7-8H2,1H3,(H,22,25)(H,21,23,24). The zero-order valence-electron chi connectivity index (χ0n) is 14.7. The number of carbonyl (C=O) groups excluding carboxylic acids is 1. The molecular formula is C20H22N4OS. The first-order valence-electron chi connectivity index (χ1n) is 9.08. The van der Waals surface area contributed by atoms with E-state index in [1.165, 1.54) is 12.8 Å². The molecule has 2 heterocycles. The Hall–Kier alpha value is -2.47. The summed E-state index contributed by atoms with van der Waals surface area (Å²) >= 11 is 1.61. The van der Waals surface area contributed by atoms with E-state index < -0.39 is 0 Å². The van der Waals surface area contributed by atoms with Crippen LogP contribution in [0.5, 0.6) is 0 Å². The lowest BCUT2D eigenvalue weighted by molar-refractivity contribution is -0.122. The van der Waals surface area contributed by atoms with E-state index in [1.54, 1.807) is 11.3 Å². The van der Waals surface area contributed by atoms with Crippen molar-refractivity contribution in [3.63, 3.8) is 0 Å². The molecule has 26 heavy (non-hydrogen) atoms. The second-order valence-electron chi connectivity index (χ2n) is 6.75. The number of carbonyl (C=O) groups is 1. The molecule has 0 bridgehead atoms. The van der Waals surface area contributed by atoms with Crippen molar-refractivity contribution in [2.24, 2.45) is 0 Å². The van der Waals surface area contributed by atoms with Crippen molar-refractivity contribution in [2.45, 2.75) is 44.7 Å². The fourth-order valence-corrected chi connectivity index (χ4v) is 4.03. The lowest BCUT2D eigenvalue weighted by atomic mass is 10.2. The number of nitrogens with one attached hydrogen (secondary N) is 2. The van der Waals surface area contributed by atoms with Crippen molar-refractivity contribution < 1.29 is 4.79 Å². The number of aromatic nitrogens is 2. The number of thiophene rings is 1. The van der Waals surface area contributed by atoms with Crippen LogP contribution in [0.1, 0.15) is 32.6 Å². The molecule has 3 aromatic rings. The molecule has 1 aliphatic carbocycles. The topological polar surface area (TPSA) is 66.9 Å². The molecule has 1 saturated carbocycles. The third-order valence-corrected chi connectivity index (χ3v) is 5.66. The highest BCUT2D eigenvalue weighted by atomic mass is 32.1. The lowest BCUT2D eigenvalue weighted by Gasteiger charge is -2.19. The predicted molar refractivity (Wildman–Crippen MR) is 106 cm³/mol. The van der Waals surface area contributed by atoms with Crippen LogP contribution in [0.25, 0.3) is 21.6 Å². The first-order chi connectivity index (χ1) is 12.7. The van der Waals surface area contributed by atoms with Crippen LogP contribution in [0.2, 0.25) is 0 Å². The van der Waals surface area contributed by atoms with Gasteiger partial charge in [0.05, 0.1) is 10.4 Å². The molecule has 0 aliphatic heterocycles. The summed E-state index contributed by atoms with van der Waals surface area (Å²) in [5.74, 6) is 1.41. The summed E-state index contributed by atoms with van der Waals surface area (Å²) in [6.07, 6.45) is 4.57. The van der Waals surface area contributed by atoms with Crippen molar-refractivity contribution in [2.75, 3.05) is 5.32 Å². The zero-order chi connectivity index (χ0) is 17.9. The maximum absolute atomic E-state index is 12.5. The number of nitrogens with zero attached hydrogens (tertiary/aromatic N) is 2. The molecule has 2 aromatic heterocycles. The summed E-state index contributed by atoms with van der Waals surface area (Å²) < 4.78 is 0. The van der Waals surface area contributed by atoms with Crippen LogP contribution < -0.4 is 10.6 Å². The second kappa shape index (κ2) is 7.41. The van der Waals surface area contributed by atoms with Gasteiger partial charge in [0.2, 0.25) is 5.91 Å². The largest absolute Gasteiger partial charge is 0.358 e. The molecule has 5 nitrogen and oxygen atoms in total. The SMILES string of the molecule is CC(Nc1nc(-c2cccs2)nc2ccccc12)C(=O)NC1CCCC1. The minimum atomic E-state index is -0.356. The number of rotatable bonds is 5. The molecule has 134 valence electrons. The third-order valence-electron chi connectivity index (χ3n) is 4.79. The molecule has 6 heteroatoms. The number of anilines is 1. The number of benzene rings is 1. The first-order valence-corrected chi connectivity index (χ1v) is 9.96. The lowest BCUT2D eigenvalue weighted by Crippen LogP contribution is -2.42. The van der Waals surface area contributed by atoms with Gasteiger partial charge in [-0.2, -0.15) is 0 Å². The van der Waals surface area contributed by atoms with Crippen LogP contribution in [0.15, 0.2) is 41.8 Å². The fourth-order valence-electron chi connectivity index (χ4n) is 3.37. The highest BCUT2D eigenvalue weighted by Gasteiger charge is 2.21. The third kappa shape index (κ3) is 3.55. The van der Waals surface area contributed by atoms with Crippen molar-refractivity contribution in [1.29, 1.82) is 0 Å². The maximum Gasteiger partial charge on any atom is 0.242 e. The molecule has 4 rings (SSSR count). The summed E-state index contributed by atoms with van der Waals surface area (Å²) in [5.41, 5.74) is 0.872. The van der Waals surface area contributed by atoms with Crippen molar-refractivity contribution in [1.82, 2.24) is 15.3 Å². The Morgan fingerprint density at radius 1 is 1.15 bits per heavy atom. The van der Waals surface area contributed by atoms with E-state index in [2.05, 4.69) is 15.6 Å². The summed E-state index contributed by atoms with van der Waals surface area (Å²) in [5, 5.41) is 9.39. The Balaban J connectivity index is 1.61. The smallest absolute Gasteiger partial charge is 0.242 e. The van der Waals surface area contributed by atoms with Crippen LogP contribution >= 0.6 is 11.3 Å². The Morgan fingerprint density at radius 2 is 1.96 bits per heavy atom. The minimum absolute atomic E-state index is 0.0252. The molecule has 1 amide bonds. The van der Waals surface area contributed by atoms with E-state index in [0.717, 1.165) is 28.6 Å². The van der Waals surface area contributed by atoms with Gasteiger partial charge in [-0.15, -0.1) is 11.3 Å². The molecular weight excluding hydrogens is 344 g/mol. The Labute approximate surface area is 156 Å². The molecule has 1 atom stereocenters. The first kappa shape index (κ1) is 17.0. The summed E-state index contributed by atoms with van der Waals surface area (Å²) in [7, 11) is 0. The summed E-state index contributed by atoms with van der Waals surface area (Å²) in [6.45, 7) is 1.88. The van der Waals surface area contributed by atoms with Crippen LogP contribution in [-0.4, -0.2) is 28.0 Å². The number of amides is 1. The minimum Gasteiger partial charge on any atom is -0.358 e. The number of hydrogen-bond acceptors (Lipinski definition) is 5. The van der Waals surface area contributed by atoms with Gasteiger partial charge in [0, 0.05) is 11.4 Å². The van der Waals surface area contributed by atoms with E-state index in [1.807, 2.05) is 48.7 Å². The number of para-hydroxylation sites is 1. The van der Waals surface area contributed by atoms with Gasteiger partial charge in [0.15, 0.2) is 5.82 Å². The number of fused-ring (bicyclic) bond motifs is 1. The second-order valence-corrected chi connectivity index (χ2v) is 7.69. The van der Waals surface area contributed by atoms with E-state index in [-0.39, 0.29) is 11.9 Å². The van der Waals surface area contributed by atoms with Gasteiger partial charge in [-0.3, -0.25) is 4.79 Å². The highest BCUT2D eigenvalue weighted by Crippen LogP contribution is 2.27. The van der Waals surface area contributed by atoms with Crippen LogP contribution in [0.4, 0.5) is 5.82 Å². The molecule has 2 N–H and O–H groups in total. The van der Waals surface area contributed by atoms with Gasteiger partial charge < -0.3 is 10.6 Å². The van der Waals surface area contributed by atoms with E-state index in [4.69, 9.17) is 4.98 Å². The fraction of sp³-hybridized carbons (Fsp3) is 0.350. The summed E-state index contributed by atoms with van der Waals surface area (Å²) in [6, 6.07) is 11.8. The van der Waals surface area contributed by atoms with Gasteiger partial charge >= 0.3 is 0 Å². The Kier molecular flexibility index (Phi) is 4.84. The van der Waals surface area contributed by atoms with Crippen molar-refractivity contribution >= 4 is 34.0 Å². The zero-order valence-corrected chi connectivity index (χ0v) is 15.6. The van der Waals surface area contributed by atoms with Gasteiger partial charge in [0.25, 0.3) is 0 Å². The molecule has 1 fully saturated rings. The van der Waals surface area contributed by atoms with Crippen molar-refractivity contribution in [3.05, 3.63) is 41.8 Å². The molecule has 0 saturated heterocycles. The Bertz CT molecular complexity index is 903. The van der Waals surface area contributed by atoms with Gasteiger partial charge in [-0.05, 0) is 43.3 Å². The average Bonchev–Trinajstić information content (AvgIpc) is 3.35. The van der Waals surface area contributed by atoms with Crippen LogP contribution in [0, 0.1) is 0 Å². The van der Waals surface area contributed by atoms with E-state index in [9.17, 15) is 4.79 Å². The molecule has 0 radical (unpaired) electrons. The van der Waals surface area contributed by atoms with E-state index >= 15 is 0 Å². The van der Waals surface area contributed by atoms with Crippen LogP contribution in [-0.2, 0) is 4.79 Å². The number of hydrogen-bond donors (Lipinski definition) is 2. The predicted octanol–water partition coefficient (Wildman–Crippen LogP) is 4.22. The Morgan fingerprint density at radius 3 is 2.73 bits per heavy atom. The van der Waals surface area contributed by atoms with E-state index in [0.29, 0.717) is 17.7 Å². The quantitative estimate of drug-likeness (QED) is 0.709. The van der Waals surface area contributed by atoms with Gasteiger partial charge in [-0.1, -0.05) is 31.0 Å². The maximum atomic E-state index is 12.5. The van der Waals surface area contributed by atoms with Crippen molar-refractivity contribution in [3.8, 4) is 10.7 Å². The van der Waals surface area contributed by atoms with Crippen LogP contribution in [0.3, 0.4) is 0 Å². The highest BCUT2D eigenvalue weighted by molar-refractivity contribution is 7.13.